The summed E-state index contributed by atoms with van der Waals surface area (Å²) < 4.78 is 7.69. The van der Waals surface area contributed by atoms with Crippen LogP contribution in [0, 0.1) is 0 Å². The van der Waals surface area contributed by atoms with E-state index in [0.717, 1.165) is 60.8 Å². The predicted octanol–water partition coefficient (Wildman–Crippen LogP) is 1.70. The van der Waals surface area contributed by atoms with Crippen molar-refractivity contribution in [1.29, 1.82) is 0 Å². The van der Waals surface area contributed by atoms with Crippen LogP contribution in [0.3, 0.4) is 0 Å². The van der Waals surface area contributed by atoms with E-state index in [4.69, 9.17) is 9.72 Å². The first-order chi connectivity index (χ1) is 12.8. The average molecular weight is 353 g/mol. The van der Waals surface area contributed by atoms with Gasteiger partial charge in [0, 0.05) is 50.3 Å². The molecule has 0 aromatic carbocycles. The average Bonchev–Trinajstić information content (AvgIpc) is 3.16. The van der Waals surface area contributed by atoms with Crippen LogP contribution in [-0.4, -0.2) is 57.1 Å². The molecule has 0 radical (unpaired) electrons. The highest BCUT2D eigenvalue weighted by Crippen LogP contribution is 2.25. The van der Waals surface area contributed by atoms with Crippen molar-refractivity contribution in [2.45, 2.75) is 26.0 Å². The largest absolute Gasteiger partial charge is 0.374 e. The van der Waals surface area contributed by atoms with Crippen LogP contribution in [-0.2, 0) is 11.3 Å². The Hall–Kier alpha value is -2.58. The molecule has 2 N–H and O–H groups in total. The summed E-state index contributed by atoms with van der Waals surface area (Å²) in [4.78, 5) is 13.7. The second-order valence-electron chi connectivity index (χ2n) is 6.35. The molecule has 4 rings (SSSR count). The molecule has 1 fully saturated rings. The van der Waals surface area contributed by atoms with Crippen molar-refractivity contribution in [2.24, 2.45) is 0 Å². The van der Waals surface area contributed by atoms with Gasteiger partial charge >= 0.3 is 0 Å². The van der Waals surface area contributed by atoms with Crippen LogP contribution in [0.2, 0.25) is 0 Å². The Kier molecular flexibility index (Phi) is 5.03. The lowest BCUT2D eigenvalue weighted by atomic mass is 10.2. The number of nitrogens with zero attached hydrogens (tertiary/aromatic N) is 5. The van der Waals surface area contributed by atoms with E-state index in [0.29, 0.717) is 6.54 Å². The third-order valence-corrected chi connectivity index (χ3v) is 4.34. The standard InChI is InChI=1S/C18H23N7O/c1-2-6-25-12-13(9-23-25)15-8-16-17(21-4-3-20-16)18(24-15)22-11-14-10-19-5-7-26-14/h3-4,8-9,12,14,19H,2,5-7,10-11H2,1H3,(H,22,24)/t14-/m0/s1. The molecular weight excluding hydrogens is 330 g/mol. The van der Waals surface area contributed by atoms with Gasteiger partial charge in [-0.25, -0.2) is 9.97 Å². The summed E-state index contributed by atoms with van der Waals surface area (Å²) in [5, 5.41) is 11.1. The van der Waals surface area contributed by atoms with Crippen molar-refractivity contribution >= 4 is 16.9 Å². The molecule has 0 unspecified atom stereocenters. The zero-order chi connectivity index (χ0) is 17.8. The van der Waals surface area contributed by atoms with Gasteiger partial charge in [0.1, 0.15) is 5.52 Å². The number of ether oxygens (including phenoxy) is 1. The number of hydrogen-bond acceptors (Lipinski definition) is 7. The third-order valence-electron chi connectivity index (χ3n) is 4.34. The van der Waals surface area contributed by atoms with E-state index in [1.807, 2.05) is 23.1 Å². The number of nitrogens with one attached hydrogen (secondary N) is 2. The van der Waals surface area contributed by atoms with E-state index in [1.54, 1.807) is 12.4 Å². The van der Waals surface area contributed by atoms with E-state index >= 15 is 0 Å². The highest BCUT2D eigenvalue weighted by atomic mass is 16.5. The first-order valence-corrected chi connectivity index (χ1v) is 9.04. The predicted molar refractivity (Wildman–Crippen MR) is 99.9 cm³/mol. The number of pyridine rings is 1. The number of hydrogen-bond donors (Lipinski definition) is 2. The van der Waals surface area contributed by atoms with Crippen LogP contribution < -0.4 is 10.6 Å². The summed E-state index contributed by atoms with van der Waals surface area (Å²) in [6.45, 7) is 6.17. The molecule has 1 saturated heterocycles. The van der Waals surface area contributed by atoms with E-state index < -0.39 is 0 Å². The van der Waals surface area contributed by atoms with Crippen LogP contribution in [0.4, 0.5) is 5.82 Å². The van der Waals surface area contributed by atoms with Gasteiger partial charge in [-0.15, -0.1) is 0 Å². The second-order valence-corrected chi connectivity index (χ2v) is 6.35. The molecule has 0 saturated carbocycles. The van der Waals surface area contributed by atoms with Gasteiger partial charge in [0.2, 0.25) is 0 Å². The van der Waals surface area contributed by atoms with Gasteiger partial charge in [-0.05, 0) is 12.5 Å². The minimum Gasteiger partial charge on any atom is -0.374 e. The van der Waals surface area contributed by atoms with E-state index in [9.17, 15) is 0 Å². The van der Waals surface area contributed by atoms with Crippen LogP contribution in [0.1, 0.15) is 13.3 Å². The molecule has 1 aliphatic heterocycles. The Labute approximate surface area is 152 Å². The van der Waals surface area contributed by atoms with Gasteiger partial charge in [-0.2, -0.15) is 5.10 Å². The van der Waals surface area contributed by atoms with Gasteiger partial charge in [0.25, 0.3) is 0 Å². The lowest BCUT2D eigenvalue weighted by Crippen LogP contribution is -2.42. The van der Waals surface area contributed by atoms with Crippen molar-refractivity contribution in [2.75, 3.05) is 31.6 Å². The molecule has 0 aliphatic carbocycles. The highest BCUT2D eigenvalue weighted by molar-refractivity contribution is 5.88. The molecule has 0 bridgehead atoms. The highest BCUT2D eigenvalue weighted by Gasteiger charge is 2.16. The van der Waals surface area contributed by atoms with Crippen LogP contribution in [0.5, 0.6) is 0 Å². The minimum atomic E-state index is 0.119. The summed E-state index contributed by atoms with van der Waals surface area (Å²) >= 11 is 0. The summed E-state index contributed by atoms with van der Waals surface area (Å²) in [5.41, 5.74) is 3.39. The fourth-order valence-corrected chi connectivity index (χ4v) is 3.05. The van der Waals surface area contributed by atoms with Gasteiger partial charge < -0.3 is 15.4 Å². The van der Waals surface area contributed by atoms with Gasteiger partial charge in [0.05, 0.1) is 30.1 Å². The zero-order valence-electron chi connectivity index (χ0n) is 14.9. The molecule has 26 heavy (non-hydrogen) atoms. The van der Waals surface area contributed by atoms with E-state index in [-0.39, 0.29) is 6.10 Å². The molecule has 8 heteroatoms. The zero-order valence-corrected chi connectivity index (χ0v) is 14.9. The fraction of sp³-hybridized carbons (Fsp3) is 0.444. The van der Waals surface area contributed by atoms with Crippen molar-refractivity contribution < 1.29 is 4.74 Å². The van der Waals surface area contributed by atoms with Gasteiger partial charge in [0.15, 0.2) is 5.82 Å². The van der Waals surface area contributed by atoms with Crippen LogP contribution >= 0.6 is 0 Å². The SMILES string of the molecule is CCCn1cc(-c2cc3nccnc3c(NC[C@@H]3CNCCO3)n2)cn1. The minimum absolute atomic E-state index is 0.119. The number of anilines is 1. The van der Waals surface area contributed by atoms with Crippen LogP contribution in [0.25, 0.3) is 22.3 Å². The summed E-state index contributed by atoms with van der Waals surface area (Å²) in [7, 11) is 0. The Morgan fingerprint density at radius 3 is 3.12 bits per heavy atom. The number of rotatable bonds is 6. The van der Waals surface area contributed by atoms with Gasteiger partial charge in [-0.3, -0.25) is 9.67 Å². The number of fused-ring (bicyclic) bond motifs is 1. The second kappa shape index (κ2) is 7.76. The molecule has 136 valence electrons. The maximum Gasteiger partial charge on any atom is 0.154 e. The maximum atomic E-state index is 5.75. The summed E-state index contributed by atoms with van der Waals surface area (Å²) in [6.07, 6.45) is 8.41. The Bertz CT molecular complexity index is 873. The third kappa shape index (κ3) is 3.66. The quantitative estimate of drug-likeness (QED) is 0.697. The fourth-order valence-electron chi connectivity index (χ4n) is 3.05. The molecule has 4 heterocycles. The Morgan fingerprint density at radius 1 is 1.35 bits per heavy atom. The van der Waals surface area contributed by atoms with Crippen molar-refractivity contribution in [3.63, 3.8) is 0 Å². The molecule has 0 amide bonds. The molecule has 1 aliphatic rings. The Morgan fingerprint density at radius 2 is 2.27 bits per heavy atom. The number of aromatic nitrogens is 5. The van der Waals surface area contributed by atoms with Crippen molar-refractivity contribution in [3.8, 4) is 11.3 Å². The number of morpholine rings is 1. The normalized spacial score (nSPS) is 17.5. The molecule has 3 aromatic heterocycles. The Balaban J connectivity index is 1.63. The molecule has 8 nitrogen and oxygen atoms in total. The molecule has 3 aromatic rings. The summed E-state index contributed by atoms with van der Waals surface area (Å²) in [6, 6.07) is 1.96. The lowest BCUT2D eigenvalue weighted by Gasteiger charge is -2.24. The summed E-state index contributed by atoms with van der Waals surface area (Å²) in [5.74, 6) is 0.725. The monoisotopic (exact) mass is 353 g/mol. The van der Waals surface area contributed by atoms with E-state index in [2.05, 4.69) is 32.6 Å². The smallest absolute Gasteiger partial charge is 0.154 e. The first kappa shape index (κ1) is 16.9. The molecule has 1 atom stereocenters. The van der Waals surface area contributed by atoms with E-state index in [1.165, 1.54) is 0 Å². The maximum absolute atomic E-state index is 5.75. The van der Waals surface area contributed by atoms with Crippen molar-refractivity contribution in [1.82, 2.24) is 30.0 Å². The van der Waals surface area contributed by atoms with Gasteiger partial charge in [-0.1, -0.05) is 6.92 Å². The van der Waals surface area contributed by atoms with Crippen molar-refractivity contribution in [3.05, 3.63) is 30.9 Å². The molecule has 0 spiro atoms. The van der Waals surface area contributed by atoms with Crippen LogP contribution in [0.15, 0.2) is 30.9 Å². The first-order valence-electron chi connectivity index (χ1n) is 9.04. The number of aryl methyl sites for hydroxylation is 1. The lowest BCUT2D eigenvalue weighted by molar-refractivity contribution is 0.0372. The molecular formula is C18H23N7O. The topological polar surface area (TPSA) is 89.8 Å².